The maximum Gasteiger partial charge on any atom is 0.264 e. The van der Waals surface area contributed by atoms with E-state index >= 15 is 0 Å². The van der Waals surface area contributed by atoms with Crippen molar-refractivity contribution >= 4 is 39.3 Å². The van der Waals surface area contributed by atoms with Gasteiger partial charge in [0.2, 0.25) is 5.95 Å². The van der Waals surface area contributed by atoms with Gasteiger partial charge in [0, 0.05) is 23.4 Å². The van der Waals surface area contributed by atoms with Crippen LogP contribution in [0.25, 0.3) is 0 Å². The van der Waals surface area contributed by atoms with Crippen LogP contribution in [0.3, 0.4) is 0 Å². The van der Waals surface area contributed by atoms with Crippen molar-refractivity contribution in [1.82, 2.24) is 14.8 Å². The monoisotopic (exact) mass is 468 g/mol. The number of nitrogens with one attached hydrogen (secondary N) is 1. The molecular weight excluding hydrogens is 448 g/mol. The SMILES string of the molecule is CCn1c(NS(=O)(=O)c2ccc(OC)c(OC)c2)nnc1SCc1ccccc1Cl. The molecule has 3 rings (SSSR count). The third-order valence-corrected chi connectivity index (χ3v) is 6.95. The molecular formula is C19H21ClN4O4S2. The zero-order valence-electron chi connectivity index (χ0n) is 16.6. The van der Waals surface area contributed by atoms with Gasteiger partial charge in [-0.1, -0.05) is 41.6 Å². The summed E-state index contributed by atoms with van der Waals surface area (Å²) in [4.78, 5) is 0.0241. The molecule has 0 saturated carbocycles. The van der Waals surface area contributed by atoms with Crippen LogP contribution in [0.1, 0.15) is 12.5 Å². The molecule has 0 aliphatic heterocycles. The average molecular weight is 469 g/mol. The summed E-state index contributed by atoms with van der Waals surface area (Å²) in [7, 11) is -0.979. The molecule has 0 bridgehead atoms. The second-order valence-electron chi connectivity index (χ2n) is 6.05. The maximum atomic E-state index is 12.9. The first-order chi connectivity index (χ1) is 14.4. The number of rotatable bonds is 9. The molecule has 0 saturated heterocycles. The van der Waals surface area contributed by atoms with Gasteiger partial charge in [-0.25, -0.2) is 13.1 Å². The second kappa shape index (κ2) is 9.59. The Bertz CT molecular complexity index is 1140. The van der Waals surface area contributed by atoms with Crippen LogP contribution in [0.4, 0.5) is 5.95 Å². The quantitative estimate of drug-likeness (QED) is 0.473. The Morgan fingerprint density at radius 2 is 1.83 bits per heavy atom. The molecule has 30 heavy (non-hydrogen) atoms. The number of halogens is 1. The molecule has 0 spiro atoms. The van der Waals surface area contributed by atoms with Gasteiger partial charge in [0.15, 0.2) is 16.7 Å². The van der Waals surface area contributed by atoms with Gasteiger partial charge in [0.25, 0.3) is 10.0 Å². The summed E-state index contributed by atoms with van der Waals surface area (Å²) in [6.45, 7) is 2.37. The number of benzene rings is 2. The predicted molar refractivity (Wildman–Crippen MR) is 117 cm³/mol. The van der Waals surface area contributed by atoms with Crippen LogP contribution in [0.15, 0.2) is 52.5 Å². The van der Waals surface area contributed by atoms with E-state index in [2.05, 4.69) is 14.9 Å². The van der Waals surface area contributed by atoms with Crippen LogP contribution >= 0.6 is 23.4 Å². The molecule has 0 amide bonds. The Morgan fingerprint density at radius 3 is 2.50 bits per heavy atom. The van der Waals surface area contributed by atoms with Crippen LogP contribution < -0.4 is 14.2 Å². The first kappa shape index (κ1) is 22.3. The van der Waals surface area contributed by atoms with Gasteiger partial charge in [-0.15, -0.1) is 10.2 Å². The molecule has 0 aliphatic rings. The van der Waals surface area contributed by atoms with E-state index < -0.39 is 10.0 Å². The third-order valence-electron chi connectivity index (χ3n) is 4.24. The maximum absolute atomic E-state index is 12.9. The molecule has 2 aromatic carbocycles. The van der Waals surface area contributed by atoms with Crippen LogP contribution in [0.2, 0.25) is 5.02 Å². The molecule has 0 atom stereocenters. The summed E-state index contributed by atoms with van der Waals surface area (Å²) in [5.41, 5.74) is 0.960. The molecule has 1 heterocycles. The Morgan fingerprint density at radius 1 is 1.10 bits per heavy atom. The number of sulfonamides is 1. The molecule has 0 unspecified atom stereocenters. The fourth-order valence-electron chi connectivity index (χ4n) is 2.68. The summed E-state index contributed by atoms with van der Waals surface area (Å²) in [6, 6.07) is 11.9. The largest absolute Gasteiger partial charge is 0.493 e. The molecule has 1 N–H and O–H groups in total. The number of aromatic nitrogens is 3. The van der Waals surface area contributed by atoms with Crippen molar-refractivity contribution in [2.24, 2.45) is 0 Å². The minimum atomic E-state index is -3.90. The zero-order chi connectivity index (χ0) is 21.7. The minimum absolute atomic E-state index is 0.0241. The molecule has 0 fully saturated rings. The van der Waals surface area contributed by atoms with E-state index in [1.165, 1.54) is 44.2 Å². The van der Waals surface area contributed by atoms with Gasteiger partial charge in [-0.2, -0.15) is 0 Å². The molecule has 0 aliphatic carbocycles. The van der Waals surface area contributed by atoms with E-state index in [1.54, 1.807) is 4.57 Å². The predicted octanol–water partition coefficient (Wildman–Crippen LogP) is 4.06. The number of hydrogen-bond acceptors (Lipinski definition) is 7. The Labute approximate surface area is 184 Å². The van der Waals surface area contributed by atoms with Crippen molar-refractivity contribution in [2.75, 3.05) is 18.9 Å². The van der Waals surface area contributed by atoms with Gasteiger partial charge in [-0.05, 0) is 30.7 Å². The lowest BCUT2D eigenvalue weighted by molar-refractivity contribution is 0.354. The Hall–Kier alpha value is -2.43. The fourth-order valence-corrected chi connectivity index (χ4v) is 4.98. The van der Waals surface area contributed by atoms with E-state index in [4.69, 9.17) is 21.1 Å². The highest BCUT2D eigenvalue weighted by Crippen LogP contribution is 2.31. The zero-order valence-corrected chi connectivity index (χ0v) is 19.0. The standard InChI is InChI=1S/C19H21ClN4O4S2/c1-4-24-18(21-22-19(24)29-12-13-7-5-6-8-15(13)20)23-30(25,26)14-9-10-16(27-2)17(11-14)28-3/h5-11H,4,12H2,1-3H3,(H,21,23). The first-order valence-electron chi connectivity index (χ1n) is 8.93. The lowest BCUT2D eigenvalue weighted by Crippen LogP contribution is -2.17. The van der Waals surface area contributed by atoms with Crippen molar-refractivity contribution in [3.8, 4) is 11.5 Å². The van der Waals surface area contributed by atoms with Gasteiger partial charge >= 0.3 is 0 Å². The van der Waals surface area contributed by atoms with E-state index in [0.717, 1.165) is 5.56 Å². The summed E-state index contributed by atoms with van der Waals surface area (Å²) in [6.07, 6.45) is 0. The number of anilines is 1. The number of hydrogen-bond donors (Lipinski definition) is 1. The Kier molecular flexibility index (Phi) is 7.11. The highest BCUT2D eigenvalue weighted by Gasteiger charge is 2.21. The highest BCUT2D eigenvalue weighted by atomic mass is 35.5. The van der Waals surface area contributed by atoms with Crippen molar-refractivity contribution in [3.63, 3.8) is 0 Å². The lowest BCUT2D eigenvalue weighted by Gasteiger charge is -2.12. The van der Waals surface area contributed by atoms with Gasteiger partial charge in [-0.3, -0.25) is 4.57 Å². The van der Waals surface area contributed by atoms with Crippen molar-refractivity contribution < 1.29 is 17.9 Å². The number of nitrogens with zero attached hydrogens (tertiary/aromatic N) is 3. The van der Waals surface area contributed by atoms with Crippen molar-refractivity contribution in [2.45, 2.75) is 29.3 Å². The topological polar surface area (TPSA) is 95.3 Å². The van der Waals surface area contributed by atoms with Crippen LogP contribution in [-0.2, 0) is 22.3 Å². The van der Waals surface area contributed by atoms with Crippen LogP contribution in [0.5, 0.6) is 11.5 Å². The van der Waals surface area contributed by atoms with Gasteiger partial charge in [0.05, 0.1) is 19.1 Å². The minimum Gasteiger partial charge on any atom is -0.493 e. The van der Waals surface area contributed by atoms with Crippen LogP contribution in [0, 0.1) is 0 Å². The molecule has 0 radical (unpaired) electrons. The smallest absolute Gasteiger partial charge is 0.264 e. The number of thioether (sulfide) groups is 1. The van der Waals surface area contributed by atoms with E-state index in [0.29, 0.717) is 34.0 Å². The second-order valence-corrected chi connectivity index (χ2v) is 9.08. The number of methoxy groups -OCH3 is 2. The number of ether oxygens (including phenoxy) is 2. The molecule has 1 aromatic heterocycles. The lowest BCUT2D eigenvalue weighted by atomic mass is 10.2. The first-order valence-corrected chi connectivity index (χ1v) is 11.8. The third kappa shape index (κ3) is 4.82. The summed E-state index contributed by atoms with van der Waals surface area (Å²) >= 11 is 7.63. The molecule has 160 valence electrons. The van der Waals surface area contributed by atoms with Crippen molar-refractivity contribution in [1.29, 1.82) is 0 Å². The summed E-state index contributed by atoms with van der Waals surface area (Å²) < 4.78 is 40.3. The van der Waals surface area contributed by atoms with Crippen molar-refractivity contribution in [3.05, 3.63) is 53.1 Å². The normalized spacial score (nSPS) is 11.3. The molecule has 8 nitrogen and oxygen atoms in total. The fraction of sp³-hybridized carbons (Fsp3) is 0.263. The van der Waals surface area contributed by atoms with Gasteiger partial charge < -0.3 is 9.47 Å². The Balaban J connectivity index is 1.82. The van der Waals surface area contributed by atoms with E-state index in [-0.39, 0.29) is 10.8 Å². The average Bonchev–Trinajstić information content (AvgIpc) is 3.13. The van der Waals surface area contributed by atoms with E-state index in [9.17, 15) is 8.42 Å². The van der Waals surface area contributed by atoms with Crippen LogP contribution in [-0.4, -0.2) is 37.4 Å². The molecule has 3 aromatic rings. The highest BCUT2D eigenvalue weighted by molar-refractivity contribution is 7.98. The summed E-state index contributed by atoms with van der Waals surface area (Å²) in [5.74, 6) is 1.47. The van der Waals surface area contributed by atoms with Gasteiger partial charge in [0.1, 0.15) is 0 Å². The summed E-state index contributed by atoms with van der Waals surface area (Å²) in [5, 5.41) is 9.41. The van der Waals surface area contributed by atoms with E-state index in [1.807, 2.05) is 31.2 Å². The molecule has 11 heteroatoms.